The van der Waals surface area contributed by atoms with E-state index in [9.17, 15) is 9.90 Å². The number of phenols is 1. The van der Waals surface area contributed by atoms with Gasteiger partial charge in [-0.05, 0) is 35.4 Å². The minimum atomic E-state index is 0.228. The number of benzene rings is 2. The summed E-state index contributed by atoms with van der Waals surface area (Å²) in [6.07, 6.45) is 0.816. The lowest BCUT2D eigenvalue weighted by Gasteiger charge is -2.05. The first-order valence-corrected chi connectivity index (χ1v) is 5.54. The molecular formula is C13H9BrO2. The van der Waals surface area contributed by atoms with Gasteiger partial charge in [-0.3, -0.25) is 4.79 Å². The Hall–Kier alpha value is -1.61. The van der Waals surface area contributed by atoms with E-state index in [1.165, 1.54) is 0 Å². The molecule has 16 heavy (non-hydrogen) atoms. The molecule has 0 saturated heterocycles. The number of carbonyl (C=O) groups excluding carboxylic acids is 1. The van der Waals surface area contributed by atoms with Crippen molar-refractivity contribution in [3.63, 3.8) is 0 Å². The van der Waals surface area contributed by atoms with Crippen LogP contribution < -0.4 is 0 Å². The second-order valence-electron chi connectivity index (χ2n) is 3.40. The zero-order valence-electron chi connectivity index (χ0n) is 8.35. The van der Waals surface area contributed by atoms with Crippen molar-refractivity contribution in [3.05, 3.63) is 52.5 Å². The van der Waals surface area contributed by atoms with Gasteiger partial charge in [0.05, 0.1) is 0 Å². The van der Waals surface area contributed by atoms with Crippen LogP contribution in [0.25, 0.3) is 11.1 Å². The minimum absolute atomic E-state index is 0.228. The highest BCUT2D eigenvalue weighted by Crippen LogP contribution is 2.29. The fraction of sp³-hybridized carbons (Fsp3) is 0. The molecule has 0 aliphatic heterocycles. The van der Waals surface area contributed by atoms with Gasteiger partial charge in [-0.25, -0.2) is 0 Å². The maximum Gasteiger partial charge on any atom is 0.150 e. The highest BCUT2D eigenvalue weighted by molar-refractivity contribution is 9.10. The molecule has 2 aromatic rings. The Kier molecular flexibility index (Phi) is 3.06. The number of rotatable bonds is 2. The number of aromatic hydroxyl groups is 1. The van der Waals surface area contributed by atoms with Gasteiger partial charge in [-0.15, -0.1) is 0 Å². The number of phenolic OH excluding ortho intramolecular Hbond substituents is 1. The van der Waals surface area contributed by atoms with Gasteiger partial charge >= 0.3 is 0 Å². The molecule has 0 aromatic heterocycles. The number of halogens is 1. The fourth-order valence-corrected chi connectivity index (χ4v) is 1.95. The maximum absolute atomic E-state index is 10.7. The molecule has 80 valence electrons. The molecule has 0 amide bonds. The number of hydrogen-bond donors (Lipinski definition) is 1. The molecular weight excluding hydrogens is 268 g/mol. The van der Waals surface area contributed by atoms with Crippen molar-refractivity contribution < 1.29 is 9.90 Å². The molecule has 2 nitrogen and oxygen atoms in total. The monoisotopic (exact) mass is 276 g/mol. The van der Waals surface area contributed by atoms with Crippen LogP contribution in [-0.2, 0) is 0 Å². The third-order valence-electron chi connectivity index (χ3n) is 2.30. The molecule has 0 bridgehead atoms. The topological polar surface area (TPSA) is 37.3 Å². The number of aldehydes is 1. The summed E-state index contributed by atoms with van der Waals surface area (Å²) in [6.45, 7) is 0. The summed E-state index contributed by atoms with van der Waals surface area (Å²) in [5.74, 6) is 0.228. The largest absolute Gasteiger partial charge is 0.508 e. The van der Waals surface area contributed by atoms with Crippen molar-refractivity contribution in [1.82, 2.24) is 0 Å². The van der Waals surface area contributed by atoms with Crippen LogP contribution in [0.1, 0.15) is 10.4 Å². The lowest BCUT2D eigenvalue weighted by Crippen LogP contribution is -1.84. The summed E-state index contributed by atoms with van der Waals surface area (Å²) in [4.78, 5) is 10.7. The summed E-state index contributed by atoms with van der Waals surface area (Å²) in [6, 6.07) is 12.3. The van der Waals surface area contributed by atoms with Gasteiger partial charge < -0.3 is 5.11 Å². The summed E-state index contributed by atoms with van der Waals surface area (Å²) in [7, 11) is 0. The molecule has 2 aromatic carbocycles. The lowest BCUT2D eigenvalue weighted by molar-refractivity contribution is 0.112. The predicted molar refractivity (Wildman–Crippen MR) is 66.6 cm³/mol. The van der Waals surface area contributed by atoms with E-state index in [-0.39, 0.29) is 5.75 Å². The molecule has 3 heteroatoms. The normalized spacial score (nSPS) is 10.1. The summed E-state index contributed by atoms with van der Waals surface area (Å²) in [5.41, 5.74) is 2.52. The fourth-order valence-electron chi connectivity index (χ4n) is 1.48. The average molecular weight is 277 g/mol. The summed E-state index contributed by atoms with van der Waals surface area (Å²) in [5, 5.41) is 9.21. The van der Waals surface area contributed by atoms with Crippen LogP contribution in [0.3, 0.4) is 0 Å². The lowest BCUT2D eigenvalue weighted by atomic mass is 10.0. The quantitative estimate of drug-likeness (QED) is 0.851. The van der Waals surface area contributed by atoms with E-state index in [4.69, 9.17) is 0 Å². The maximum atomic E-state index is 10.7. The Balaban J connectivity index is 2.54. The molecule has 0 saturated carbocycles. The van der Waals surface area contributed by atoms with E-state index in [1.807, 2.05) is 24.3 Å². The standard InChI is InChI=1S/C13H9BrO2/c14-13-6-1-9(8-15)7-12(13)10-2-4-11(16)5-3-10/h1-8,16H. The Morgan fingerprint density at radius 2 is 1.75 bits per heavy atom. The molecule has 1 N–H and O–H groups in total. The number of carbonyl (C=O) groups is 1. The van der Waals surface area contributed by atoms with Crippen LogP contribution in [0.2, 0.25) is 0 Å². The predicted octanol–water partition coefficient (Wildman–Crippen LogP) is 3.63. The van der Waals surface area contributed by atoms with Crippen molar-refractivity contribution in [2.75, 3.05) is 0 Å². The Bertz CT molecular complexity index is 518. The molecule has 0 atom stereocenters. The SMILES string of the molecule is O=Cc1ccc(Br)c(-c2ccc(O)cc2)c1. The Morgan fingerprint density at radius 3 is 2.38 bits per heavy atom. The van der Waals surface area contributed by atoms with Gasteiger partial charge in [0.25, 0.3) is 0 Å². The molecule has 0 aliphatic carbocycles. The first-order chi connectivity index (χ1) is 7.70. The highest BCUT2D eigenvalue weighted by atomic mass is 79.9. The first kappa shape index (κ1) is 10.9. The van der Waals surface area contributed by atoms with Gasteiger partial charge in [0, 0.05) is 10.0 Å². The van der Waals surface area contributed by atoms with Crippen LogP contribution in [0.5, 0.6) is 5.75 Å². The molecule has 0 spiro atoms. The molecule has 0 heterocycles. The molecule has 0 fully saturated rings. The molecule has 2 rings (SSSR count). The first-order valence-electron chi connectivity index (χ1n) is 4.75. The van der Waals surface area contributed by atoms with Crippen molar-refractivity contribution in [1.29, 1.82) is 0 Å². The second-order valence-corrected chi connectivity index (χ2v) is 4.26. The van der Waals surface area contributed by atoms with E-state index in [0.717, 1.165) is 21.9 Å². The Labute approximate surface area is 102 Å². The van der Waals surface area contributed by atoms with E-state index in [1.54, 1.807) is 18.2 Å². The summed E-state index contributed by atoms with van der Waals surface area (Å²) >= 11 is 3.44. The average Bonchev–Trinajstić information content (AvgIpc) is 2.31. The van der Waals surface area contributed by atoms with Crippen molar-refractivity contribution >= 4 is 22.2 Å². The van der Waals surface area contributed by atoms with Crippen molar-refractivity contribution in [3.8, 4) is 16.9 Å². The minimum Gasteiger partial charge on any atom is -0.508 e. The van der Waals surface area contributed by atoms with Gasteiger partial charge in [0.1, 0.15) is 12.0 Å². The van der Waals surface area contributed by atoms with E-state index in [2.05, 4.69) is 15.9 Å². The van der Waals surface area contributed by atoms with E-state index in [0.29, 0.717) is 5.56 Å². The van der Waals surface area contributed by atoms with Crippen LogP contribution in [0, 0.1) is 0 Å². The van der Waals surface area contributed by atoms with Crippen molar-refractivity contribution in [2.24, 2.45) is 0 Å². The molecule has 0 radical (unpaired) electrons. The van der Waals surface area contributed by atoms with Gasteiger partial charge in [-0.2, -0.15) is 0 Å². The van der Waals surface area contributed by atoms with Crippen LogP contribution in [0.15, 0.2) is 46.9 Å². The second kappa shape index (κ2) is 4.49. The summed E-state index contributed by atoms with van der Waals surface area (Å²) < 4.78 is 0.920. The third-order valence-corrected chi connectivity index (χ3v) is 3.00. The zero-order valence-corrected chi connectivity index (χ0v) is 9.94. The Morgan fingerprint density at radius 1 is 1.06 bits per heavy atom. The van der Waals surface area contributed by atoms with Gasteiger partial charge in [0.2, 0.25) is 0 Å². The smallest absolute Gasteiger partial charge is 0.150 e. The van der Waals surface area contributed by atoms with Crippen LogP contribution in [0.4, 0.5) is 0 Å². The molecule has 0 unspecified atom stereocenters. The zero-order chi connectivity index (χ0) is 11.5. The van der Waals surface area contributed by atoms with Crippen LogP contribution >= 0.6 is 15.9 Å². The van der Waals surface area contributed by atoms with E-state index >= 15 is 0 Å². The highest BCUT2D eigenvalue weighted by Gasteiger charge is 2.04. The third kappa shape index (κ3) is 2.14. The van der Waals surface area contributed by atoms with Gasteiger partial charge in [-0.1, -0.05) is 34.1 Å². The van der Waals surface area contributed by atoms with E-state index < -0.39 is 0 Å². The van der Waals surface area contributed by atoms with Crippen LogP contribution in [-0.4, -0.2) is 11.4 Å². The molecule has 0 aliphatic rings. The number of hydrogen-bond acceptors (Lipinski definition) is 2. The van der Waals surface area contributed by atoms with Crippen molar-refractivity contribution in [2.45, 2.75) is 0 Å². The van der Waals surface area contributed by atoms with Gasteiger partial charge in [0.15, 0.2) is 0 Å².